The summed E-state index contributed by atoms with van der Waals surface area (Å²) in [4.78, 5) is 12.7. The molecule has 144 valence electrons. The van der Waals surface area contributed by atoms with Crippen molar-refractivity contribution >= 4 is 5.91 Å². The van der Waals surface area contributed by atoms with Gasteiger partial charge in [-0.3, -0.25) is 4.79 Å². The fraction of sp³-hybridized carbons (Fsp3) is 0.381. The first kappa shape index (κ1) is 19.2. The average Bonchev–Trinajstić information content (AvgIpc) is 2.68. The van der Waals surface area contributed by atoms with Gasteiger partial charge in [-0.1, -0.05) is 36.4 Å². The number of nitrogens with one attached hydrogen (secondary N) is 2. The van der Waals surface area contributed by atoms with Crippen molar-refractivity contribution < 1.29 is 19.4 Å². The van der Waals surface area contributed by atoms with Gasteiger partial charge in [-0.2, -0.15) is 0 Å². The second kappa shape index (κ2) is 8.88. The molecule has 3 N–H and O–H groups in total. The Kier molecular flexibility index (Phi) is 6.32. The quantitative estimate of drug-likeness (QED) is 0.622. The van der Waals surface area contributed by atoms with Crippen molar-refractivity contribution in [2.24, 2.45) is 5.41 Å². The van der Waals surface area contributed by atoms with Gasteiger partial charge >= 0.3 is 0 Å². The van der Waals surface area contributed by atoms with Crippen LogP contribution in [0.2, 0.25) is 0 Å². The fourth-order valence-corrected chi connectivity index (χ4v) is 3.12. The summed E-state index contributed by atoms with van der Waals surface area (Å²) in [5.41, 5.74) is 0.686. The van der Waals surface area contributed by atoms with Crippen molar-refractivity contribution in [3.8, 4) is 11.5 Å². The smallest absolute Gasteiger partial charge is 0.229 e. The van der Waals surface area contributed by atoms with Crippen molar-refractivity contribution in [1.29, 1.82) is 0 Å². The number of methoxy groups -OCH3 is 1. The molecular weight excluding hydrogens is 344 g/mol. The number of hydrogen-bond acceptors (Lipinski definition) is 5. The first-order chi connectivity index (χ1) is 13.1. The molecule has 0 bridgehead atoms. The van der Waals surface area contributed by atoms with E-state index in [-0.39, 0.29) is 19.1 Å². The number of aliphatic hydroxyl groups is 1. The molecule has 2 aromatic rings. The number of benzene rings is 2. The zero-order valence-corrected chi connectivity index (χ0v) is 15.5. The standard InChI is InChI=1S/C21H26N2O4/c1-26-18-8-5-9-19(10-18)27-13-17(24)12-23-20(25)21(14-22-15-21)11-16-6-3-2-4-7-16/h2-10,17,22,24H,11-15H2,1H3,(H,23,25). The third kappa shape index (κ3) is 4.99. The number of carbonyl (C=O) groups excluding carboxylic acids is 1. The molecule has 1 unspecified atom stereocenters. The lowest BCUT2D eigenvalue weighted by Crippen LogP contribution is -2.63. The molecule has 1 aliphatic heterocycles. The summed E-state index contributed by atoms with van der Waals surface area (Å²) in [5.74, 6) is 1.27. The van der Waals surface area contributed by atoms with Gasteiger partial charge in [0.05, 0.1) is 12.5 Å². The Morgan fingerprint density at radius 1 is 1.19 bits per heavy atom. The van der Waals surface area contributed by atoms with Crippen LogP contribution in [0.1, 0.15) is 5.56 Å². The topological polar surface area (TPSA) is 79.8 Å². The van der Waals surface area contributed by atoms with Crippen LogP contribution in [-0.4, -0.2) is 50.5 Å². The van der Waals surface area contributed by atoms with E-state index in [0.29, 0.717) is 31.0 Å². The molecule has 1 amide bonds. The molecular formula is C21H26N2O4. The van der Waals surface area contributed by atoms with Crippen molar-refractivity contribution in [3.05, 3.63) is 60.2 Å². The molecule has 1 saturated heterocycles. The third-order valence-corrected chi connectivity index (χ3v) is 4.78. The molecule has 1 aliphatic rings. The average molecular weight is 370 g/mol. The summed E-state index contributed by atoms with van der Waals surface area (Å²) in [7, 11) is 1.59. The summed E-state index contributed by atoms with van der Waals surface area (Å²) in [6, 6.07) is 17.2. The summed E-state index contributed by atoms with van der Waals surface area (Å²) < 4.78 is 10.7. The molecule has 0 aromatic heterocycles. The Morgan fingerprint density at radius 2 is 1.93 bits per heavy atom. The summed E-state index contributed by atoms with van der Waals surface area (Å²) in [5, 5.41) is 16.2. The second-order valence-corrected chi connectivity index (χ2v) is 6.90. The van der Waals surface area contributed by atoms with Crippen LogP contribution in [0.15, 0.2) is 54.6 Å². The van der Waals surface area contributed by atoms with Crippen LogP contribution in [0, 0.1) is 5.41 Å². The van der Waals surface area contributed by atoms with Gasteiger partial charge in [0.1, 0.15) is 24.2 Å². The Balaban J connectivity index is 1.47. The van der Waals surface area contributed by atoms with Gasteiger partial charge in [-0.25, -0.2) is 0 Å². The Morgan fingerprint density at radius 3 is 2.59 bits per heavy atom. The van der Waals surface area contributed by atoms with E-state index < -0.39 is 11.5 Å². The fourth-order valence-electron chi connectivity index (χ4n) is 3.12. The highest BCUT2D eigenvalue weighted by molar-refractivity contribution is 5.84. The predicted molar refractivity (Wildman–Crippen MR) is 103 cm³/mol. The molecule has 0 spiro atoms. The van der Waals surface area contributed by atoms with Crippen molar-refractivity contribution in [1.82, 2.24) is 10.6 Å². The molecule has 2 aromatic carbocycles. The van der Waals surface area contributed by atoms with Gasteiger partial charge in [0.25, 0.3) is 0 Å². The maximum Gasteiger partial charge on any atom is 0.229 e. The second-order valence-electron chi connectivity index (χ2n) is 6.90. The molecule has 0 saturated carbocycles. The van der Waals surface area contributed by atoms with E-state index in [1.807, 2.05) is 42.5 Å². The lowest BCUT2D eigenvalue weighted by Gasteiger charge is -2.41. The highest BCUT2D eigenvalue weighted by Gasteiger charge is 2.44. The van der Waals surface area contributed by atoms with Gasteiger partial charge in [0.15, 0.2) is 0 Å². The predicted octanol–water partition coefficient (Wildman–Crippen LogP) is 1.38. The molecule has 6 heteroatoms. The maximum atomic E-state index is 12.7. The monoisotopic (exact) mass is 370 g/mol. The normalized spacial score (nSPS) is 16.1. The van der Waals surface area contributed by atoms with E-state index in [1.54, 1.807) is 19.2 Å². The molecule has 27 heavy (non-hydrogen) atoms. The minimum atomic E-state index is -0.790. The number of ether oxygens (including phenoxy) is 2. The van der Waals surface area contributed by atoms with E-state index in [0.717, 1.165) is 5.56 Å². The number of hydrogen-bond donors (Lipinski definition) is 3. The van der Waals surface area contributed by atoms with Crippen LogP contribution in [0.5, 0.6) is 11.5 Å². The highest BCUT2D eigenvalue weighted by Crippen LogP contribution is 2.28. The van der Waals surface area contributed by atoms with Crippen molar-refractivity contribution in [2.75, 3.05) is 33.4 Å². The first-order valence-electron chi connectivity index (χ1n) is 9.09. The molecule has 3 rings (SSSR count). The molecule has 1 heterocycles. The van der Waals surface area contributed by atoms with Gasteiger partial charge < -0.3 is 25.2 Å². The minimum absolute atomic E-state index is 0.0365. The molecule has 1 fully saturated rings. The minimum Gasteiger partial charge on any atom is -0.497 e. The maximum absolute atomic E-state index is 12.7. The van der Waals surface area contributed by atoms with E-state index in [1.165, 1.54) is 0 Å². The Bertz CT molecular complexity index is 747. The van der Waals surface area contributed by atoms with Crippen LogP contribution in [-0.2, 0) is 11.2 Å². The van der Waals surface area contributed by atoms with Crippen LogP contribution < -0.4 is 20.1 Å². The third-order valence-electron chi connectivity index (χ3n) is 4.78. The zero-order valence-electron chi connectivity index (χ0n) is 15.5. The number of amides is 1. The molecule has 0 radical (unpaired) electrons. The zero-order chi connectivity index (χ0) is 19.1. The van der Waals surface area contributed by atoms with Gasteiger partial charge in [0.2, 0.25) is 5.91 Å². The van der Waals surface area contributed by atoms with Gasteiger partial charge in [-0.05, 0) is 24.1 Å². The number of rotatable bonds is 9. The van der Waals surface area contributed by atoms with Crippen LogP contribution >= 0.6 is 0 Å². The Hall–Kier alpha value is -2.57. The van der Waals surface area contributed by atoms with Crippen LogP contribution in [0.4, 0.5) is 0 Å². The summed E-state index contributed by atoms with van der Waals surface area (Å²) in [6.45, 7) is 1.53. The number of aliphatic hydroxyl groups excluding tert-OH is 1. The number of carbonyl (C=O) groups is 1. The highest BCUT2D eigenvalue weighted by atomic mass is 16.5. The first-order valence-corrected chi connectivity index (χ1v) is 9.09. The van der Waals surface area contributed by atoms with Crippen molar-refractivity contribution in [3.63, 3.8) is 0 Å². The van der Waals surface area contributed by atoms with Crippen LogP contribution in [0.3, 0.4) is 0 Å². The summed E-state index contributed by atoms with van der Waals surface area (Å²) in [6.07, 6.45) is -0.106. The molecule has 6 nitrogen and oxygen atoms in total. The van der Waals surface area contributed by atoms with E-state index in [4.69, 9.17) is 9.47 Å². The van der Waals surface area contributed by atoms with Gasteiger partial charge in [-0.15, -0.1) is 0 Å². The van der Waals surface area contributed by atoms with Crippen molar-refractivity contribution in [2.45, 2.75) is 12.5 Å². The summed E-state index contributed by atoms with van der Waals surface area (Å²) >= 11 is 0. The lowest BCUT2D eigenvalue weighted by atomic mass is 9.75. The van der Waals surface area contributed by atoms with Gasteiger partial charge in [0, 0.05) is 25.7 Å². The van der Waals surface area contributed by atoms with E-state index >= 15 is 0 Å². The van der Waals surface area contributed by atoms with E-state index in [9.17, 15) is 9.90 Å². The SMILES string of the molecule is COc1cccc(OCC(O)CNC(=O)C2(Cc3ccccc3)CNC2)c1. The molecule has 1 atom stereocenters. The molecule has 0 aliphatic carbocycles. The van der Waals surface area contributed by atoms with E-state index in [2.05, 4.69) is 10.6 Å². The Labute approximate surface area is 159 Å². The lowest BCUT2D eigenvalue weighted by molar-refractivity contribution is -0.134. The van der Waals surface area contributed by atoms with Crippen LogP contribution in [0.25, 0.3) is 0 Å². The largest absolute Gasteiger partial charge is 0.497 e.